The van der Waals surface area contributed by atoms with Crippen LogP contribution in [0.5, 0.6) is 28.7 Å². The molecule has 7 nitrogen and oxygen atoms in total. The Hall–Kier alpha value is -3.35. The summed E-state index contributed by atoms with van der Waals surface area (Å²) >= 11 is 0. The Labute approximate surface area is 142 Å². The molecule has 7 heteroatoms. The van der Waals surface area contributed by atoms with Gasteiger partial charge in [-0.05, 0) is 0 Å². The van der Waals surface area contributed by atoms with Gasteiger partial charge in [0.05, 0.1) is 21.3 Å². The van der Waals surface area contributed by atoms with E-state index in [1.807, 2.05) is 6.07 Å². The number of benzene rings is 2. The summed E-state index contributed by atoms with van der Waals surface area (Å²) in [6.45, 7) is 0. The highest BCUT2D eigenvalue weighted by atomic mass is 16.5. The van der Waals surface area contributed by atoms with Crippen LogP contribution >= 0.6 is 0 Å². The molecular formula is C18H16O7. The molecule has 0 aliphatic rings. The van der Waals surface area contributed by atoms with Gasteiger partial charge in [-0.1, -0.05) is 30.3 Å². The van der Waals surface area contributed by atoms with Gasteiger partial charge in [-0.3, -0.25) is 4.79 Å². The van der Waals surface area contributed by atoms with E-state index in [0.29, 0.717) is 5.56 Å². The van der Waals surface area contributed by atoms with Gasteiger partial charge >= 0.3 is 0 Å². The fourth-order valence-corrected chi connectivity index (χ4v) is 2.68. The fraction of sp³-hybridized carbons (Fsp3) is 0.167. The third-order valence-electron chi connectivity index (χ3n) is 3.81. The standard InChI is InChI=1S/C18H16O7/c1-22-16-11(19)10-12(20)17(23-2)14(9-7-5-4-6-8-9)25-15(10)18(24-3)13(16)21/h4-8,19,21H,1-3H3. The molecule has 2 aromatic carbocycles. The molecule has 0 saturated heterocycles. The Morgan fingerprint density at radius 1 is 0.840 bits per heavy atom. The molecular weight excluding hydrogens is 328 g/mol. The minimum Gasteiger partial charge on any atom is -0.504 e. The molecule has 0 bridgehead atoms. The molecule has 0 aliphatic heterocycles. The Kier molecular flexibility index (Phi) is 4.14. The minimum absolute atomic E-state index is 0.0798. The fourth-order valence-electron chi connectivity index (χ4n) is 2.68. The number of phenols is 2. The van der Waals surface area contributed by atoms with Crippen LogP contribution in [0.25, 0.3) is 22.3 Å². The number of methoxy groups -OCH3 is 3. The van der Waals surface area contributed by atoms with Crippen LogP contribution in [0.4, 0.5) is 0 Å². The SMILES string of the molecule is COc1c(O)c(OC)c2oc(-c3ccccc3)c(OC)c(=O)c2c1O. The van der Waals surface area contributed by atoms with E-state index in [0.717, 1.165) is 0 Å². The maximum atomic E-state index is 12.9. The van der Waals surface area contributed by atoms with Crippen molar-refractivity contribution in [3.05, 3.63) is 40.6 Å². The largest absolute Gasteiger partial charge is 0.504 e. The van der Waals surface area contributed by atoms with Crippen molar-refractivity contribution in [2.45, 2.75) is 0 Å². The summed E-state index contributed by atoms with van der Waals surface area (Å²) in [7, 11) is 3.88. The van der Waals surface area contributed by atoms with Crippen LogP contribution in [0, 0.1) is 0 Å². The summed E-state index contributed by atoms with van der Waals surface area (Å²) < 4.78 is 21.1. The van der Waals surface area contributed by atoms with Crippen LogP contribution in [0.2, 0.25) is 0 Å². The summed E-state index contributed by atoms with van der Waals surface area (Å²) in [5.41, 5.74) is -0.130. The number of fused-ring (bicyclic) bond motifs is 1. The van der Waals surface area contributed by atoms with E-state index >= 15 is 0 Å². The topological polar surface area (TPSA) is 98.4 Å². The van der Waals surface area contributed by atoms with E-state index in [9.17, 15) is 15.0 Å². The van der Waals surface area contributed by atoms with Crippen LogP contribution in [-0.2, 0) is 0 Å². The molecule has 3 aromatic rings. The first-order valence-electron chi connectivity index (χ1n) is 7.31. The normalized spacial score (nSPS) is 10.7. The van der Waals surface area contributed by atoms with E-state index in [1.165, 1.54) is 21.3 Å². The lowest BCUT2D eigenvalue weighted by Gasteiger charge is -2.15. The van der Waals surface area contributed by atoms with E-state index in [1.54, 1.807) is 24.3 Å². The number of hydrogen-bond donors (Lipinski definition) is 2. The average Bonchev–Trinajstić information content (AvgIpc) is 2.62. The van der Waals surface area contributed by atoms with Gasteiger partial charge in [-0.2, -0.15) is 0 Å². The molecule has 0 amide bonds. The van der Waals surface area contributed by atoms with Gasteiger partial charge in [0, 0.05) is 5.56 Å². The van der Waals surface area contributed by atoms with Crippen molar-refractivity contribution >= 4 is 11.0 Å². The number of phenolic OH excluding ortho intramolecular Hbond substituents is 2. The van der Waals surface area contributed by atoms with Gasteiger partial charge in [0.15, 0.2) is 17.1 Å². The lowest BCUT2D eigenvalue weighted by Crippen LogP contribution is -2.09. The molecule has 0 atom stereocenters. The maximum absolute atomic E-state index is 12.9. The Bertz CT molecular complexity index is 990. The summed E-state index contributed by atoms with van der Waals surface area (Å²) in [6, 6.07) is 8.85. The van der Waals surface area contributed by atoms with Crippen LogP contribution in [-0.4, -0.2) is 31.5 Å². The van der Waals surface area contributed by atoms with Gasteiger partial charge in [0.25, 0.3) is 0 Å². The number of ether oxygens (including phenoxy) is 3. The lowest BCUT2D eigenvalue weighted by molar-refractivity contribution is 0.322. The lowest BCUT2D eigenvalue weighted by atomic mass is 10.1. The monoisotopic (exact) mass is 344 g/mol. The Balaban J connectivity index is 2.53. The van der Waals surface area contributed by atoms with Gasteiger partial charge in [0.2, 0.25) is 28.4 Å². The summed E-state index contributed by atoms with van der Waals surface area (Å²) in [5.74, 6) is -1.36. The molecule has 0 aliphatic carbocycles. The van der Waals surface area contributed by atoms with E-state index in [-0.39, 0.29) is 34.0 Å². The third-order valence-corrected chi connectivity index (χ3v) is 3.81. The molecule has 3 rings (SSSR count). The molecule has 0 fully saturated rings. The van der Waals surface area contributed by atoms with Crippen molar-refractivity contribution in [2.24, 2.45) is 0 Å². The first kappa shape index (κ1) is 16.5. The minimum atomic E-state index is -0.614. The zero-order valence-electron chi connectivity index (χ0n) is 13.8. The van der Waals surface area contributed by atoms with Crippen molar-refractivity contribution in [1.82, 2.24) is 0 Å². The second-order valence-electron chi connectivity index (χ2n) is 5.13. The molecule has 0 spiro atoms. The summed E-state index contributed by atoms with van der Waals surface area (Å²) in [6.07, 6.45) is 0. The van der Waals surface area contributed by atoms with Crippen molar-refractivity contribution < 1.29 is 28.8 Å². The molecule has 0 unspecified atom stereocenters. The Morgan fingerprint density at radius 3 is 2.00 bits per heavy atom. The van der Waals surface area contributed by atoms with Crippen molar-refractivity contribution in [3.8, 4) is 40.1 Å². The number of aromatic hydroxyl groups is 2. The zero-order valence-corrected chi connectivity index (χ0v) is 13.8. The second kappa shape index (κ2) is 6.27. The zero-order chi connectivity index (χ0) is 18.1. The molecule has 130 valence electrons. The van der Waals surface area contributed by atoms with Crippen LogP contribution in [0.15, 0.2) is 39.5 Å². The van der Waals surface area contributed by atoms with E-state index < -0.39 is 16.9 Å². The smallest absolute Gasteiger partial charge is 0.239 e. The van der Waals surface area contributed by atoms with Crippen LogP contribution < -0.4 is 19.6 Å². The van der Waals surface area contributed by atoms with Crippen molar-refractivity contribution in [3.63, 3.8) is 0 Å². The van der Waals surface area contributed by atoms with Crippen molar-refractivity contribution in [2.75, 3.05) is 21.3 Å². The predicted molar refractivity (Wildman–Crippen MR) is 90.9 cm³/mol. The quantitative estimate of drug-likeness (QED) is 0.751. The van der Waals surface area contributed by atoms with Crippen LogP contribution in [0.1, 0.15) is 0 Å². The molecule has 1 aromatic heterocycles. The highest BCUT2D eigenvalue weighted by Crippen LogP contribution is 2.50. The van der Waals surface area contributed by atoms with E-state index in [2.05, 4.69) is 0 Å². The molecule has 25 heavy (non-hydrogen) atoms. The molecule has 1 heterocycles. The van der Waals surface area contributed by atoms with Gasteiger partial charge < -0.3 is 28.8 Å². The number of rotatable bonds is 4. The highest BCUT2D eigenvalue weighted by Gasteiger charge is 2.28. The molecule has 0 radical (unpaired) electrons. The Morgan fingerprint density at radius 2 is 1.44 bits per heavy atom. The molecule has 2 N–H and O–H groups in total. The van der Waals surface area contributed by atoms with Crippen LogP contribution in [0.3, 0.4) is 0 Å². The third kappa shape index (κ3) is 2.40. The van der Waals surface area contributed by atoms with Gasteiger partial charge in [-0.25, -0.2) is 0 Å². The highest BCUT2D eigenvalue weighted by molar-refractivity contribution is 5.96. The second-order valence-corrected chi connectivity index (χ2v) is 5.13. The van der Waals surface area contributed by atoms with Gasteiger partial charge in [0.1, 0.15) is 5.39 Å². The van der Waals surface area contributed by atoms with Crippen molar-refractivity contribution in [1.29, 1.82) is 0 Å². The van der Waals surface area contributed by atoms with Gasteiger partial charge in [-0.15, -0.1) is 0 Å². The average molecular weight is 344 g/mol. The summed E-state index contributed by atoms with van der Waals surface area (Å²) in [5, 5.41) is 20.4. The number of hydrogen-bond acceptors (Lipinski definition) is 7. The first-order chi connectivity index (χ1) is 12.0. The first-order valence-corrected chi connectivity index (χ1v) is 7.31. The summed E-state index contributed by atoms with van der Waals surface area (Å²) in [4.78, 5) is 12.9. The maximum Gasteiger partial charge on any atom is 0.239 e. The predicted octanol–water partition coefficient (Wildman–Crippen LogP) is 2.90. The molecule has 0 saturated carbocycles. The van der Waals surface area contributed by atoms with E-state index in [4.69, 9.17) is 18.6 Å².